The van der Waals surface area contributed by atoms with Crippen molar-refractivity contribution in [3.8, 4) is 0 Å². The zero-order chi connectivity index (χ0) is 21.8. The lowest BCUT2D eigenvalue weighted by Crippen LogP contribution is -2.64. The van der Waals surface area contributed by atoms with Crippen molar-refractivity contribution in [2.24, 2.45) is 46.3 Å². The van der Waals surface area contributed by atoms with Gasteiger partial charge in [0.15, 0.2) is 0 Å². The van der Waals surface area contributed by atoms with Crippen molar-refractivity contribution >= 4 is 5.91 Å². The smallest absolute Gasteiger partial charge is 0.219 e. The van der Waals surface area contributed by atoms with Crippen molar-refractivity contribution in [1.82, 2.24) is 5.32 Å². The predicted molar refractivity (Wildman–Crippen MR) is 116 cm³/mol. The van der Waals surface area contributed by atoms with Gasteiger partial charge in [-0.1, -0.05) is 20.8 Å². The van der Waals surface area contributed by atoms with Gasteiger partial charge >= 0.3 is 0 Å². The third-order valence-electron chi connectivity index (χ3n) is 10.6. The molecule has 4 aliphatic carbocycles. The van der Waals surface area contributed by atoms with E-state index in [2.05, 4.69) is 26.1 Å². The number of aliphatic hydroxyl groups is 3. The van der Waals surface area contributed by atoms with Crippen LogP contribution in [-0.4, -0.2) is 46.6 Å². The summed E-state index contributed by atoms with van der Waals surface area (Å²) in [5, 5.41) is 35.4. The number of hydrogen-bond donors (Lipinski definition) is 4. The highest BCUT2D eigenvalue weighted by Gasteiger charge is 2.65. The van der Waals surface area contributed by atoms with Crippen molar-refractivity contribution in [1.29, 1.82) is 0 Å². The minimum atomic E-state index is -0.724. The van der Waals surface area contributed by atoms with E-state index in [1.807, 2.05) is 0 Å². The number of aliphatic hydroxyl groups excluding tert-OH is 3. The molecule has 0 aromatic rings. The van der Waals surface area contributed by atoms with Gasteiger partial charge in [0.05, 0.1) is 18.3 Å². The summed E-state index contributed by atoms with van der Waals surface area (Å²) in [5.41, 5.74) is 0.203. The third kappa shape index (κ3) is 3.34. The highest BCUT2D eigenvalue weighted by atomic mass is 16.3. The fraction of sp³-hybridized carbons (Fsp3) is 0.960. The van der Waals surface area contributed by atoms with E-state index in [-0.39, 0.29) is 34.7 Å². The molecule has 0 aliphatic heterocycles. The first-order chi connectivity index (χ1) is 14.1. The van der Waals surface area contributed by atoms with Crippen LogP contribution in [0, 0.1) is 46.3 Å². The molecular formula is C25H43NO4. The summed E-state index contributed by atoms with van der Waals surface area (Å²) in [7, 11) is 1.70. The molecule has 4 N–H and O–H groups in total. The molecule has 0 spiro atoms. The van der Waals surface area contributed by atoms with E-state index >= 15 is 0 Å². The molecule has 5 heteroatoms. The zero-order valence-electron chi connectivity index (χ0n) is 19.3. The Bertz CT molecular complexity index is 655. The lowest BCUT2D eigenvalue weighted by atomic mass is 9.43. The van der Waals surface area contributed by atoms with E-state index in [0.29, 0.717) is 36.5 Å². The maximum absolute atomic E-state index is 11.8. The normalized spacial score (nSPS) is 51.4. The highest BCUT2D eigenvalue weighted by molar-refractivity contribution is 5.75. The van der Waals surface area contributed by atoms with E-state index in [1.54, 1.807) is 7.05 Å². The number of hydrogen-bond acceptors (Lipinski definition) is 4. The molecule has 5 nitrogen and oxygen atoms in total. The van der Waals surface area contributed by atoms with Crippen LogP contribution in [0.1, 0.15) is 78.6 Å². The largest absolute Gasteiger partial charge is 0.393 e. The molecule has 0 saturated heterocycles. The van der Waals surface area contributed by atoms with Gasteiger partial charge in [-0.15, -0.1) is 0 Å². The molecule has 172 valence electrons. The lowest BCUT2D eigenvalue weighted by molar-refractivity contribution is -0.223. The van der Waals surface area contributed by atoms with Gasteiger partial charge in [0.25, 0.3) is 0 Å². The van der Waals surface area contributed by atoms with Crippen LogP contribution in [0.15, 0.2) is 0 Å². The number of carbonyl (C=O) groups excluding carboxylic acids is 1. The molecule has 4 rings (SSSR count). The summed E-state index contributed by atoms with van der Waals surface area (Å²) in [6.45, 7) is 7.07. The molecule has 30 heavy (non-hydrogen) atoms. The number of nitrogens with one attached hydrogen (secondary N) is 1. The first kappa shape index (κ1) is 22.5. The molecule has 0 radical (unpaired) electrons. The number of carbonyl (C=O) groups is 1. The second-order valence-electron chi connectivity index (χ2n) is 11.7. The van der Waals surface area contributed by atoms with Crippen LogP contribution in [0.3, 0.4) is 0 Å². The lowest BCUT2D eigenvalue weighted by Gasteiger charge is -2.63. The van der Waals surface area contributed by atoms with Crippen LogP contribution >= 0.6 is 0 Å². The molecule has 1 amide bonds. The number of rotatable bonds is 4. The summed E-state index contributed by atoms with van der Waals surface area (Å²) in [4.78, 5) is 11.8. The number of fused-ring (bicyclic) bond motifs is 5. The van der Waals surface area contributed by atoms with Crippen molar-refractivity contribution in [2.75, 3.05) is 7.05 Å². The van der Waals surface area contributed by atoms with E-state index in [0.717, 1.165) is 32.1 Å². The van der Waals surface area contributed by atoms with Gasteiger partial charge in [-0.2, -0.15) is 0 Å². The molecule has 0 aromatic carbocycles. The minimum absolute atomic E-state index is 0.00513. The molecule has 0 heterocycles. The minimum Gasteiger partial charge on any atom is -0.393 e. The van der Waals surface area contributed by atoms with Crippen LogP contribution in [0.4, 0.5) is 0 Å². The van der Waals surface area contributed by atoms with Gasteiger partial charge < -0.3 is 20.6 Å². The molecule has 11 atom stereocenters. The van der Waals surface area contributed by atoms with Gasteiger partial charge in [-0.05, 0) is 97.7 Å². The van der Waals surface area contributed by atoms with Gasteiger partial charge in [0.2, 0.25) is 5.91 Å². The quantitative estimate of drug-likeness (QED) is 0.561. The molecule has 4 unspecified atom stereocenters. The summed E-state index contributed by atoms with van der Waals surface area (Å²) >= 11 is 0. The first-order valence-electron chi connectivity index (χ1n) is 12.4. The van der Waals surface area contributed by atoms with Crippen LogP contribution in [-0.2, 0) is 4.79 Å². The summed E-state index contributed by atoms with van der Waals surface area (Å²) in [5.74, 6) is 2.24. The topological polar surface area (TPSA) is 89.8 Å². The maximum Gasteiger partial charge on any atom is 0.219 e. The second-order valence-corrected chi connectivity index (χ2v) is 11.7. The first-order valence-corrected chi connectivity index (χ1v) is 12.4. The Morgan fingerprint density at radius 2 is 1.63 bits per heavy atom. The Labute approximate surface area is 182 Å². The average molecular weight is 422 g/mol. The third-order valence-corrected chi connectivity index (χ3v) is 10.6. The van der Waals surface area contributed by atoms with E-state index in [4.69, 9.17) is 0 Å². The maximum atomic E-state index is 11.8. The Morgan fingerprint density at radius 1 is 0.967 bits per heavy atom. The Kier molecular flexibility index (Phi) is 6.04. The van der Waals surface area contributed by atoms with Crippen molar-refractivity contribution in [2.45, 2.75) is 96.9 Å². The van der Waals surface area contributed by atoms with Gasteiger partial charge in [-0.3, -0.25) is 4.79 Å². The fourth-order valence-electron chi connectivity index (χ4n) is 8.90. The summed E-state index contributed by atoms with van der Waals surface area (Å²) in [6, 6.07) is 0. The van der Waals surface area contributed by atoms with Gasteiger partial charge in [0, 0.05) is 13.5 Å². The average Bonchev–Trinajstić information content (AvgIpc) is 3.08. The summed E-state index contributed by atoms with van der Waals surface area (Å²) in [6.07, 6.45) is 6.76. The highest BCUT2D eigenvalue weighted by Crippen LogP contribution is 2.68. The molecule has 0 aromatic heterocycles. The molecule has 4 fully saturated rings. The predicted octanol–water partition coefficient (Wildman–Crippen LogP) is 3.11. The molecule has 4 aliphatic rings. The molecular weight excluding hydrogens is 378 g/mol. The summed E-state index contributed by atoms with van der Waals surface area (Å²) < 4.78 is 0. The van der Waals surface area contributed by atoms with Crippen molar-refractivity contribution in [3.63, 3.8) is 0 Å². The fourth-order valence-corrected chi connectivity index (χ4v) is 8.90. The van der Waals surface area contributed by atoms with Gasteiger partial charge in [-0.25, -0.2) is 0 Å². The molecule has 0 bridgehead atoms. The van der Waals surface area contributed by atoms with Gasteiger partial charge in [0.1, 0.15) is 0 Å². The Balaban J connectivity index is 1.56. The van der Waals surface area contributed by atoms with E-state index in [1.165, 1.54) is 12.8 Å². The number of amides is 1. The Morgan fingerprint density at radius 3 is 2.33 bits per heavy atom. The molecule has 4 saturated carbocycles. The monoisotopic (exact) mass is 421 g/mol. The SMILES string of the molecule is CNC(=O)CC[C@H](C)C1CCC2C3C(CC[C@@]21C)[C@@]1(C)CC[C@@H](O)C[C@H]1[C@H](O)[C@@H]3O. The van der Waals surface area contributed by atoms with E-state index < -0.39 is 12.2 Å². The zero-order valence-corrected chi connectivity index (χ0v) is 19.3. The second kappa shape index (κ2) is 8.04. The van der Waals surface area contributed by atoms with E-state index in [9.17, 15) is 20.1 Å². The van der Waals surface area contributed by atoms with Crippen molar-refractivity contribution < 1.29 is 20.1 Å². The van der Waals surface area contributed by atoms with Crippen LogP contribution < -0.4 is 5.32 Å². The Hall–Kier alpha value is -0.650. The van der Waals surface area contributed by atoms with Crippen LogP contribution in [0.2, 0.25) is 0 Å². The standard InChI is InChI=1S/C25H43NO4/c1-14(5-8-20(28)26-4)16-6-7-17-21-18(10-12-24(16,17)2)25(3)11-9-15(27)13-19(25)22(29)23(21)30/h14-19,21-23,27,29-30H,5-13H2,1-4H3,(H,26,28)/t14-,15+,16?,17?,18?,19-,21?,22-,23+,24+,25+/m0/s1. The van der Waals surface area contributed by atoms with Crippen molar-refractivity contribution in [3.05, 3.63) is 0 Å². The van der Waals surface area contributed by atoms with Crippen LogP contribution in [0.5, 0.6) is 0 Å². The van der Waals surface area contributed by atoms with Crippen LogP contribution in [0.25, 0.3) is 0 Å².